The number of nitrogens with zero attached hydrogens (tertiary/aromatic N) is 4. The Morgan fingerprint density at radius 1 is 1.30 bits per heavy atom. The van der Waals surface area contributed by atoms with E-state index in [-0.39, 0.29) is 16.7 Å². The second kappa shape index (κ2) is 7.67. The van der Waals surface area contributed by atoms with Gasteiger partial charge in [-0.25, -0.2) is 23.8 Å². The van der Waals surface area contributed by atoms with E-state index in [1.54, 1.807) is 0 Å². The van der Waals surface area contributed by atoms with Crippen molar-refractivity contribution in [1.29, 1.82) is 0 Å². The number of carbonyl (C=O) groups is 2. The van der Waals surface area contributed by atoms with Crippen LogP contribution in [0.25, 0.3) is 0 Å². The molecule has 1 fully saturated rings. The molecular weight excluding hydrogens is 437 g/mol. The van der Waals surface area contributed by atoms with Crippen LogP contribution in [-0.2, 0) is 15.8 Å². The molecule has 1 saturated heterocycles. The van der Waals surface area contributed by atoms with Gasteiger partial charge in [0, 0.05) is 22.8 Å². The molecule has 0 saturated carbocycles. The molecule has 3 rings (SSSR count). The first kappa shape index (κ1) is 17.8. The minimum absolute atomic E-state index is 0.0356. The highest BCUT2D eigenvalue weighted by atomic mass is 35.5. The Morgan fingerprint density at radius 3 is 2.63 bits per heavy atom. The van der Waals surface area contributed by atoms with Crippen LogP contribution in [0.15, 0.2) is 18.2 Å². The van der Waals surface area contributed by atoms with Gasteiger partial charge in [0.15, 0.2) is 0 Å². The van der Waals surface area contributed by atoms with E-state index in [0.29, 0.717) is 17.1 Å². The summed E-state index contributed by atoms with van der Waals surface area (Å²) in [6, 6.07) is -0.318. The van der Waals surface area contributed by atoms with Crippen molar-refractivity contribution < 1.29 is 35.7 Å². The van der Waals surface area contributed by atoms with Crippen LogP contribution in [0.1, 0.15) is 21.9 Å². The minimum atomic E-state index is -4.88. The molecule has 0 radical (unpaired) electrons. The number of anilines is 2. The number of aryl methyl sites for hydroxylation is 1. The maximum absolute atomic E-state index is 14.4. The molecule has 0 spiro atoms. The van der Waals surface area contributed by atoms with Gasteiger partial charge >= 0.3 is 6.18 Å². The van der Waals surface area contributed by atoms with Crippen molar-refractivity contribution in [2.45, 2.75) is 25.6 Å². The summed E-state index contributed by atoms with van der Waals surface area (Å²) in [6.07, 6.45) is -5.59. The van der Waals surface area contributed by atoms with Gasteiger partial charge in [0.25, 0.3) is 5.91 Å². The molecule has 2 amide bonds. The van der Waals surface area contributed by atoms with Gasteiger partial charge in [-0.1, -0.05) is 11.6 Å². The molecule has 160 valence electrons. The number of rotatable bonds is 3. The van der Waals surface area contributed by atoms with E-state index < -0.39 is 71.4 Å². The summed E-state index contributed by atoms with van der Waals surface area (Å²) >= 11 is 5.60. The number of carbonyl (C=O) groups excluding carboxylic acids is 2. The fourth-order valence-electron chi connectivity index (χ4n) is 2.67. The van der Waals surface area contributed by atoms with Gasteiger partial charge in [0.1, 0.15) is 23.4 Å². The van der Waals surface area contributed by atoms with E-state index in [4.69, 9.17) is 15.7 Å². The number of halogens is 6. The second-order valence-electron chi connectivity index (χ2n) is 6.21. The number of hydrogen-bond donors (Lipinski definition) is 1. The third kappa shape index (κ3) is 4.13. The largest absolute Gasteiger partial charge is 0.433 e. The lowest BCUT2D eigenvalue weighted by Crippen LogP contribution is -2.49. The summed E-state index contributed by atoms with van der Waals surface area (Å²) in [7, 11) is 0. The zero-order valence-corrected chi connectivity index (χ0v) is 15.6. The van der Waals surface area contributed by atoms with Crippen LogP contribution in [0.5, 0.6) is 0 Å². The predicted molar refractivity (Wildman–Crippen MR) is 95.6 cm³/mol. The third-order valence-electron chi connectivity index (χ3n) is 4.02. The van der Waals surface area contributed by atoms with Crippen LogP contribution >= 0.6 is 11.6 Å². The van der Waals surface area contributed by atoms with Gasteiger partial charge in [0.05, 0.1) is 17.1 Å². The van der Waals surface area contributed by atoms with E-state index in [9.17, 15) is 31.5 Å². The Morgan fingerprint density at radius 2 is 2.00 bits per heavy atom. The van der Waals surface area contributed by atoms with Crippen molar-refractivity contribution in [2.75, 3.05) is 16.9 Å². The molecule has 1 unspecified atom stereocenters. The molecule has 2 aromatic rings. The third-order valence-corrected chi connectivity index (χ3v) is 4.31. The van der Waals surface area contributed by atoms with Crippen molar-refractivity contribution in [1.82, 2.24) is 15.4 Å². The fourth-order valence-corrected chi connectivity index (χ4v) is 2.83. The molecule has 1 aromatic carbocycles. The smallest absolute Gasteiger partial charge is 0.311 e. The standard InChI is InChI=1S/C17H13ClF5N5O2/c1-7-3-13(17(21,22)23)25-16(24-7)28-12(6-14(29)26-28)15(30)27(2)11-4-8(18)9(19)5-10(11)20/h3-5,12H,6H2,1-2H3,(H,26,29)/i2D3. The first-order valence-corrected chi connectivity index (χ1v) is 8.47. The number of hydrazine groups is 1. The average molecular weight is 453 g/mol. The number of amides is 2. The van der Waals surface area contributed by atoms with Crippen molar-refractivity contribution in [2.24, 2.45) is 0 Å². The number of alkyl halides is 3. The van der Waals surface area contributed by atoms with E-state index in [1.807, 2.05) is 0 Å². The predicted octanol–water partition coefficient (Wildman–Crippen LogP) is 3.01. The van der Waals surface area contributed by atoms with Crippen LogP contribution in [0.3, 0.4) is 0 Å². The van der Waals surface area contributed by atoms with Gasteiger partial charge < -0.3 is 4.90 Å². The minimum Gasteiger partial charge on any atom is -0.311 e. The molecule has 1 aliphatic heterocycles. The van der Waals surface area contributed by atoms with Crippen LogP contribution in [-0.4, -0.2) is 34.8 Å². The molecule has 0 bridgehead atoms. The lowest BCUT2D eigenvalue weighted by molar-refractivity contribution is -0.141. The van der Waals surface area contributed by atoms with E-state index in [2.05, 4.69) is 15.4 Å². The fraction of sp³-hybridized carbons (Fsp3) is 0.294. The molecule has 1 aliphatic rings. The first-order valence-electron chi connectivity index (χ1n) is 9.60. The van der Waals surface area contributed by atoms with Crippen molar-refractivity contribution in [3.63, 3.8) is 0 Å². The van der Waals surface area contributed by atoms with Crippen LogP contribution < -0.4 is 15.3 Å². The molecule has 13 heteroatoms. The molecule has 7 nitrogen and oxygen atoms in total. The summed E-state index contributed by atoms with van der Waals surface area (Å²) in [5.74, 6) is -5.70. The maximum Gasteiger partial charge on any atom is 0.433 e. The number of nitrogens with one attached hydrogen (secondary N) is 1. The van der Waals surface area contributed by atoms with Crippen LogP contribution in [0, 0.1) is 18.6 Å². The Labute approximate surface area is 175 Å². The molecule has 1 N–H and O–H groups in total. The number of benzene rings is 1. The summed E-state index contributed by atoms with van der Waals surface area (Å²) in [4.78, 5) is 32.2. The normalized spacial score (nSPS) is 18.5. The zero-order chi connectivity index (χ0) is 24.9. The van der Waals surface area contributed by atoms with Gasteiger partial charge in [-0.15, -0.1) is 0 Å². The number of hydrogen-bond acceptors (Lipinski definition) is 5. The topological polar surface area (TPSA) is 78.4 Å². The molecule has 0 aliphatic carbocycles. The first-order chi connectivity index (χ1) is 15.1. The summed E-state index contributed by atoms with van der Waals surface area (Å²) < 4.78 is 90.3. The Balaban J connectivity index is 2.09. The summed E-state index contributed by atoms with van der Waals surface area (Å²) in [5, 5.41) is -0.128. The zero-order valence-electron chi connectivity index (χ0n) is 17.9. The van der Waals surface area contributed by atoms with Crippen molar-refractivity contribution >= 4 is 35.1 Å². The summed E-state index contributed by atoms with van der Waals surface area (Å²) in [5.41, 5.74) is -0.370. The van der Waals surface area contributed by atoms with Gasteiger partial charge in [-0.05, 0) is 19.1 Å². The van der Waals surface area contributed by atoms with Gasteiger partial charge in [0.2, 0.25) is 11.9 Å². The second-order valence-corrected chi connectivity index (χ2v) is 6.62. The Kier molecular flexibility index (Phi) is 4.55. The van der Waals surface area contributed by atoms with E-state index in [1.165, 1.54) is 6.92 Å². The summed E-state index contributed by atoms with van der Waals surface area (Å²) in [6.45, 7) is -2.14. The molecular formula is C17H13ClF5N5O2. The monoisotopic (exact) mass is 452 g/mol. The Bertz CT molecular complexity index is 1130. The van der Waals surface area contributed by atoms with Crippen molar-refractivity contribution in [3.8, 4) is 0 Å². The maximum atomic E-state index is 14.4. The van der Waals surface area contributed by atoms with Crippen molar-refractivity contribution in [3.05, 3.63) is 46.2 Å². The van der Waals surface area contributed by atoms with Gasteiger partial charge in [-0.3, -0.25) is 15.0 Å². The molecule has 30 heavy (non-hydrogen) atoms. The average Bonchev–Trinajstić information content (AvgIpc) is 3.05. The number of aromatic nitrogens is 2. The highest BCUT2D eigenvalue weighted by molar-refractivity contribution is 6.31. The van der Waals surface area contributed by atoms with E-state index in [0.717, 1.165) is 0 Å². The SMILES string of the molecule is [2H]C([2H])([2H])N(C(=O)C1CC(=O)NN1c1nc(C)cc(C(F)(F)F)n1)c1cc(Cl)c(F)cc1F. The lowest BCUT2D eigenvalue weighted by atomic mass is 10.1. The van der Waals surface area contributed by atoms with E-state index >= 15 is 0 Å². The molecule has 1 atom stereocenters. The van der Waals surface area contributed by atoms with Crippen LogP contribution in [0.2, 0.25) is 5.02 Å². The molecule has 1 aromatic heterocycles. The highest BCUT2D eigenvalue weighted by Gasteiger charge is 2.41. The van der Waals surface area contributed by atoms with Crippen LogP contribution in [0.4, 0.5) is 33.6 Å². The number of likely N-dealkylation sites (N-methyl/N-ethyl adjacent to an activating group) is 1. The quantitative estimate of drug-likeness (QED) is 0.572. The lowest BCUT2D eigenvalue weighted by Gasteiger charge is -2.27. The highest BCUT2D eigenvalue weighted by Crippen LogP contribution is 2.31. The van der Waals surface area contributed by atoms with Gasteiger partial charge in [-0.2, -0.15) is 13.2 Å². The Hall–Kier alpha value is -3.02. The molecule has 2 heterocycles.